The number of imidazole rings is 1. The minimum atomic E-state index is 0.996. The lowest BCUT2D eigenvalue weighted by molar-refractivity contribution is 1.18. The van der Waals surface area contributed by atoms with Crippen LogP contribution in [0.15, 0.2) is 140 Å². The van der Waals surface area contributed by atoms with Crippen LogP contribution in [0.1, 0.15) is 0 Å². The molecule has 0 unspecified atom stereocenters. The molecule has 0 amide bonds. The topological polar surface area (TPSA) is 22.2 Å². The summed E-state index contributed by atoms with van der Waals surface area (Å²) in [5.74, 6) is 0. The lowest BCUT2D eigenvalue weighted by Gasteiger charge is -2.12. The molecule has 0 N–H and O–H groups in total. The fraction of sp³-hybridized carbons (Fsp3) is 0. The molecular weight excluding hydrogens is 486 g/mol. The summed E-state index contributed by atoms with van der Waals surface area (Å²) < 4.78 is 4.69. The minimum absolute atomic E-state index is 0.996. The average molecular weight is 510 g/mol. The van der Waals surface area contributed by atoms with Crippen molar-refractivity contribution in [2.24, 2.45) is 0 Å². The Kier molecular flexibility index (Phi) is 4.33. The zero-order valence-corrected chi connectivity index (χ0v) is 21.6. The van der Waals surface area contributed by atoms with Gasteiger partial charge in [-0.15, -0.1) is 0 Å². The van der Waals surface area contributed by atoms with Gasteiger partial charge in [0.15, 0.2) is 0 Å². The normalized spacial score (nSPS) is 12.0. The Morgan fingerprint density at radius 2 is 1.00 bits per heavy atom. The van der Waals surface area contributed by atoms with Crippen molar-refractivity contribution in [2.45, 2.75) is 0 Å². The Labute approximate surface area is 230 Å². The van der Waals surface area contributed by atoms with Crippen molar-refractivity contribution in [3.63, 3.8) is 0 Å². The Morgan fingerprint density at radius 3 is 1.75 bits per heavy atom. The molecule has 0 spiro atoms. The molecule has 0 atom stereocenters. The molecule has 0 fully saturated rings. The highest BCUT2D eigenvalue weighted by atomic mass is 15.0. The van der Waals surface area contributed by atoms with E-state index < -0.39 is 0 Å². The van der Waals surface area contributed by atoms with Crippen LogP contribution in [-0.2, 0) is 0 Å². The molecule has 3 heterocycles. The molecule has 9 rings (SSSR count). The Bertz CT molecular complexity index is 2390. The molecule has 6 aromatic carbocycles. The number of rotatable bonds is 2. The van der Waals surface area contributed by atoms with Gasteiger partial charge < -0.3 is 4.57 Å². The number of para-hydroxylation sites is 5. The summed E-state index contributed by atoms with van der Waals surface area (Å²) in [5, 5.41) is 6.17. The molecular formula is C37H23N3. The average Bonchev–Trinajstić information content (AvgIpc) is 3.58. The monoisotopic (exact) mass is 509 g/mol. The molecule has 0 radical (unpaired) electrons. The Hall–Kier alpha value is -5.41. The summed E-state index contributed by atoms with van der Waals surface area (Å²) in [7, 11) is 0. The third-order valence-electron chi connectivity index (χ3n) is 8.27. The Morgan fingerprint density at radius 1 is 0.400 bits per heavy atom. The van der Waals surface area contributed by atoms with Crippen molar-refractivity contribution in [1.82, 2.24) is 14.0 Å². The largest absolute Gasteiger partial charge is 0.309 e. The van der Waals surface area contributed by atoms with Gasteiger partial charge in [-0.3, -0.25) is 4.40 Å². The maximum Gasteiger partial charge on any atom is 0.146 e. The smallest absolute Gasteiger partial charge is 0.146 e. The third kappa shape index (κ3) is 2.92. The number of fused-ring (bicyclic) bond motifs is 11. The zero-order chi connectivity index (χ0) is 26.2. The lowest BCUT2D eigenvalue weighted by atomic mass is 9.99. The van der Waals surface area contributed by atoms with Crippen LogP contribution in [0.3, 0.4) is 0 Å². The molecule has 3 nitrogen and oxygen atoms in total. The van der Waals surface area contributed by atoms with E-state index >= 15 is 0 Å². The van der Waals surface area contributed by atoms with E-state index in [2.05, 4.69) is 148 Å². The van der Waals surface area contributed by atoms with Gasteiger partial charge in [-0.1, -0.05) is 91.0 Å². The molecule has 0 saturated heterocycles. The van der Waals surface area contributed by atoms with Gasteiger partial charge in [0.25, 0.3) is 0 Å². The summed E-state index contributed by atoms with van der Waals surface area (Å²) in [6.45, 7) is 0. The molecule has 9 aromatic rings. The maximum absolute atomic E-state index is 5.11. The quantitative estimate of drug-likeness (QED) is 0.213. The maximum atomic E-state index is 5.11. The first kappa shape index (κ1) is 21.5. The molecule has 3 aromatic heterocycles. The molecule has 40 heavy (non-hydrogen) atoms. The zero-order valence-electron chi connectivity index (χ0n) is 21.6. The van der Waals surface area contributed by atoms with E-state index in [9.17, 15) is 0 Å². The fourth-order valence-electron chi connectivity index (χ4n) is 6.52. The van der Waals surface area contributed by atoms with Gasteiger partial charge in [-0.05, 0) is 65.0 Å². The highest BCUT2D eigenvalue weighted by molar-refractivity contribution is 6.15. The summed E-state index contributed by atoms with van der Waals surface area (Å²) in [4.78, 5) is 5.11. The van der Waals surface area contributed by atoms with Gasteiger partial charge >= 0.3 is 0 Å². The van der Waals surface area contributed by atoms with Crippen LogP contribution in [0, 0.1) is 0 Å². The predicted molar refractivity (Wildman–Crippen MR) is 167 cm³/mol. The molecule has 0 bridgehead atoms. The van der Waals surface area contributed by atoms with E-state index in [-0.39, 0.29) is 0 Å². The third-order valence-corrected chi connectivity index (χ3v) is 8.27. The second-order valence-electron chi connectivity index (χ2n) is 10.5. The summed E-state index contributed by atoms with van der Waals surface area (Å²) in [6.07, 6.45) is 0. The first-order valence-electron chi connectivity index (χ1n) is 13.7. The van der Waals surface area contributed by atoms with E-state index in [1.165, 1.54) is 49.2 Å². The van der Waals surface area contributed by atoms with Crippen LogP contribution in [0.25, 0.3) is 77.0 Å². The van der Waals surface area contributed by atoms with Crippen LogP contribution < -0.4 is 0 Å². The van der Waals surface area contributed by atoms with Gasteiger partial charge in [0, 0.05) is 27.2 Å². The second-order valence-corrected chi connectivity index (χ2v) is 10.5. The number of nitrogens with zero attached hydrogens (tertiary/aromatic N) is 3. The van der Waals surface area contributed by atoms with Crippen LogP contribution in [-0.4, -0.2) is 14.0 Å². The van der Waals surface area contributed by atoms with Crippen molar-refractivity contribution >= 4 is 60.2 Å². The van der Waals surface area contributed by atoms with Crippen molar-refractivity contribution in [3.05, 3.63) is 140 Å². The number of pyridine rings is 1. The summed E-state index contributed by atoms with van der Waals surface area (Å²) in [5.41, 5.74) is 10.3. The van der Waals surface area contributed by atoms with Gasteiger partial charge in [-0.2, -0.15) is 0 Å². The standard InChI is InChI=1S/C37H23N3/c1-7-18-35-28(12-1)27-21-20-25(23-31(27)37-38-32-15-4-8-19-36(32)40(35)37)24-10-9-11-26(22-24)39-33-16-5-2-13-29(33)30-14-3-6-17-34(30)39/h1-23H. The molecule has 0 aliphatic rings. The number of aromatic nitrogens is 3. The molecule has 186 valence electrons. The van der Waals surface area contributed by atoms with Gasteiger partial charge in [-0.25, -0.2) is 4.98 Å². The van der Waals surface area contributed by atoms with E-state index in [1.807, 2.05) is 0 Å². The van der Waals surface area contributed by atoms with Crippen LogP contribution in [0.4, 0.5) is 0 Å². The predicted octanol–water partition coefficient (Wildman–Crippen LogP) is 9.56. The fourth-order valence-corrected chi connectivity index (χ4v) is 6.52. The highest BCUT2D eigenvalue weighted by Gasteiger charge is 2.15. The van der Waals surface area contributed by atoms with Gasteiger partial charge in [0.1, 0.15) is 5.65 Å². The molecule has 0 aliphatic heterocycles. The van der Waals surface area contributed by atoms with E-state index in [4.69, 9.17) is 4.98 Å². The Balaban J connectivity index is 1.31. The van der Waals surface area contributed by atoms with Crippen molar-refractivity contribution in [2.75, 3.05) is 0 Å². The van der Waals surface area contributed by atoms with Crippen LogP contribution >= 0.6 is 0 Å². The first-order valence-corrected chi connectivity index (χ1v) is 13.7. The van der Waals surface area contributed by atoms with Gasteiger partial charge in [0.2, 0.25) is 0 Å². The van der Waals surface area contributed by atoms with Gasteiger partial charge in [0.05, 0.1) is 27.6 Å². The van der Waals surface area contributed by atoms with Crippen molar-refractivity contribution in [3.8, 4) is 16.8 Å². The number of benzene rings is 6. The summed E-state index contributed by atoms with van der Waals surface area (Å²) >= 11 is 0. The first-order chi connectivity index (χ1) is 19.8. The molecule has 0 saturated carbocycles. The lowest BCUT2D eigenvalue weighted by Crippen LogP contribution is -1.94. The second kappa shape index (κ2) is 8.05. The van der Waals surface area contributed by atoms with E-state index in [1.54, 1.807) is 0 Å². The highest BCUT2D eigenvalue weighted by Crippen LogP contribution is 2.36. The molecule has 3 heteroatoms. The van der Waals surface area contributed by atoms with Crippen LogP contribution in [0.5, 0.6) is 0 Å². The molecule has 0 aliphatic carbocycles. The number of hydrogen-bond acceptors (Lipinski definition) is 1. The van der Waals surface area contributed by atoms with E-state index in [0.29, 0.717) is 0 Å². The SMILES string of the molecule is c1cc(-c2ccc3c4ccccc4n4c5ccccc5nc4c3c2)cc(-n2c3ccccc3c3ccccc32)c1. The van der Waals surface area contributed by atoms with E-state index in [0.717, 1.165) is 27.8 Å². The summed E-state index contributed by atoms with van der Waals surface area (Å²) in [6, 6.07) is 50.1. The van der Waals surface area contributed by atoms with Crippen molar-refractivity contribution < 1.29 is 0 Å². The van der Waals surface area contributed by atoms with Crippen LogP contribution in [0.2, 0.25) is 0 Å². The number of hydrogen-bond donors (Lipinski definition) is 0. The minimum Gasteiger partial charge on any atom is -0.309 e. The van der Waals surface area contributed by atoms with Crippen molar-refractivity contribution in [1.29, 1.82) is 0 Å².